The Morgan fingerprint density at radius 1 is 1.08 bits per heavy atom. The predicted octanol–water partition coefficient (Wildman–Crippen LogP) is 3.22. The van der Waals surface area contributed by atoms with Gasteiger partial charge in [-0.3, -0.25) is 5.32 Å². The van der Waals surface area contributed by atoms with Gasteiger partial charge in [-0.2, -0.15) is 0 Å². The highest BCUT2D eigenvalue weighted by Gasteiger charge is 2.28. The second kappa shape index (κ2) is 9.28. The highest BCUT2D eigenvalue weighted by Crippen LogP contribution is 2.22. The van der Waals surface area contributed by atoms with E-state index in [9.17, 15) is 0 Å². The number of aryl methyl sites for hydroxylation is 1. The van der Waals surface area contributed by atoms with E-state index in [1.165, 1.54) is 11.1 Å². The van der Waals surface area contributed by atoms with Crippen LogP contribution in [0, 0.1) is 0 Å². The van der Waals surface area contributed by atoms with Crippen LogP contribution in [0.5, 0.6) is 11.5 Å². The van der Waals surface area contributed by atoms with Crippen molar-refractivity contribution in [2.45, 2.75) is 30.8 Å². The third-order valence-corrected chi connectivity index (χ3v) is 5.62. The molecule has 1 aliphatic heterocycles. The van der Waals surface area contributed by atoms with Gasteiger partial charge in [-0.1, -0.05) is 37.3 Å². The molecule has 0 spiro atoms. The maximum atomic E-state index is 5.88. The van der Waals surface area contributed by atoms with E-state index in [0.717, 1.165) is 23.7 Å². The summed E-state index contributed by atoms with van der Waals surface area (Å²) in [6.07, 6.45) is 1.16. The number of thioether (sulfide) groups is 1. The first-order valence-electron chi connectivity index (χ1n) is 8.89. The molecule has 140 valence electrons. The van der Waals surface area contributed by atoms with Crippen LogP contribution in [0.4, 0.5) is 0 Å². The Balaban J connectivity index is 1.46. The molecule has 2 unspecified atom stereocenters. The van der Waals surface area contributed by atoms with Crippen molar-refractivity contribution in [3.05, 3.63) is 59.7 Å². The molecule has 5 nitrogen and oxygen atoms in total. The molecular weight excluding hydrogens is 346 g/mol. The zero-order valence-electron chi connectivity index (χ0n) is 15.6. The van der Waals surface area contributed by atoms with Gasteiger partial charge in [0.2, 0.25) is 0 Å². The molecule has 2 atom stereocenters. The van der Waals surface area contributed by atoms with Gasteiger partial charge in [-0.15, -0.1) is 11.8 Å². The Kier molecular flexibility index (Phi) is 6.80. The summed E-state index contributed by atoms with van der Waals surface area (Å²) in [6.45, 7) is 2.72. The van der Waals surface area contributed by atoms with E-state index in [1.54, 1.807) is 7.11 Å². The fourth-order valence-corrected chi connectivity index (χ4v) is 3.88. The zero-order chi connectivity index (χ0) is 18.4. The topological polar surface area (TPSA) is 45.8 Å². The molecule has 1 fully saturated rings. The average molecular weight is 374 g/mol. The van der Waals surface area contributed by atoms with Gasteiger partial charge in [-0.25, -0.2) is 10.4 Å². The molecule has 0 aliphatic carbocycles. The molecule has 0 bridgehead atoms. The van der Waals surface area contributed by atoms with Crippen LogP contribution in [0.3, 0.4) is 0 Å². The first kappa shape index (κ1) is 19.0. The number of ether oxygens (including phenoxy) is 2. The third-order valence-electron chi connectivity index (χ3n) is 4.35. The number of hydrogen-bond acceptors (Lipinski definition) is 6. The molecule has 6 heteroatoms. The molecule has 0 aromatic heterocycles. The van der Waals surface area contributed by atoms with Crippen LogP contribution in [-0.2, 0) is 12.2 Å². The lowest BCUT2D eigenvalue weighted by atomic mass is 10.1. The summed E-state index contributed by atoms with van der Waals surface area (Å²) >= 11 is 1.87. The molecule has 0 radical (unpaired) electrons. The Morgan fingerprint density at radius 2 is 1.81 bits per heavy atom. The SMILES string of the molecule is CCc1ccc(CSC2NC(COc3cccc(OC)c3)NN2C)cc1. The molecule has 0 saturated carbocycles. The van der Waals surface area contributed by atoms with Crippen LogP contribution >= 0.6 is 11.8 Å². The molecule has 26 heavy (non-hydrogen) atoms. The van der Waals surface area contributed by atoms with Gasteiger partial charge in [0.1, 0.15) is 29.8 Å². The highest BCUT2D eigenvalue weighted by atomic mass is 32.2. The van der Waals surface area contributed by atoms with Crippen LogP contribution in [0.15, 0.2) is 48.5 Å². The van der Waals surface area contributed by atoms with Crippen molar-refractivity contribution in [3.63, 3.8) is 0 Å². The number of rotatable bonds is 8. The van der Waals surface area contributed by atoms with E-state index in [0.29, 0.717) is 6.61 Å². The molecular formula is C20H27N3O2S. The molecule has 2 aromatic rings. The van der Waals surface area contributed by atoms with E-state index in [-0.39, 0.29) is 11.7 Å². The molecule has 0 amide bonds. The third kappa shape index (κ3) is 5.14. The number of hydrogen-bond donors (Lipinski definition) is 2. The van der Waals surface area contributed by atoms with Crippen LogP contribution in [-0.4, -0.2) is 37.4 Å². The summed E-state index contributed by atoms with van der Waals surface area (Å²) in [5.74, 6) is 2.58. The minimum absolute atomic E-state index is 0.0752. The van der Waals surface area contributed by atoms with E-state index in [4.69, 9.17) is 9.47 Å². The summed E-state index contributed by atoms with van der Waals surface area (Å²) in [4.78, 5) is 0. The number of methoxy groups -OCH3 is 1. The van der Waals surface area contributed by atoms with Gasteiger partial charge in [0.25, 0.3) is 0 Å². The quantitative estimate of drug-likeness (QED) is 0.741. The Labute approximate surface area is 160 Å². The van der Waals surface area contributed by atoms with E-state index in [2.05, 4.69) is 54.0 Å². The Bertz CT molecular complexity index is 696. The van der Waals surface area contributed by atoms with Gasteiger partial charge in [-0.05, 0) is 29.7 Å². The summed E-state index contributed by atoms with van der Waals surface area (Å²) in [6, 6.07) is 16.5. The smallest absolute Gasteiger partial charge is 0.123 e. The van der Waals surface area contributed by atoms with Gasteiger partial charge in [0.15, 0.2) is 0 Å². The molecule has 3 rings (SSSR count). The second-order valence-electron chi connectivity index (χ2n) is 6.28. The lowest BCUT2D eigenvalue weighted by Gasteiger charge is -2.17. The Hall–Kier alpha value is -1.73. The number of hydrazine groups is 1. The van der Waals surface area contributed by atoms with Gasteiger partial charge < -0.3 is 9.47 Å². The summed E-state index contributed by atoms with van der Waals surface area (Å²) in [5.41, 5.74) is 6.34. The van der Waals surface area contributed by atoms with Crippen molar-refractivity contribution in [1.82, 2.24) is 15.8 Å². The fraction of sp³-hybridized carbons (Fsp3) is 0.400. The molecule has 2 N–H and O–H groups in total. The van der Waals surface area contributed by atoms with Crippen LogP contribution < -0.4 is 20.2 Å². The zero-order valence-corrected chi connectivity index (χ0v) is 16.4. The molecule has 1 aliphatic rings. The summed E-state index contributed by atoms with van der Waals surface area (Å²) in [7, 11) is 3.71. The first-order valence-corrected chi connectivity index (χ1v) is 9.94. The normalized spacial score (nSPS) is 20.3. The first-order chi connectivity index (χ1) is 12.7. The Morgan fingerprint density at radius 3 is 2.54 bits per heavy atom. The summed E-state index contributed by atoms with van der Waals surface area (Å²) < 4.78 is 11.1. The lowest BCUT2D eigenvalue weighted by molar-refractivity contribution is 0.221. The van der Waals surface area contributed by atoms with Crippen molar-refractivity contribution in [1.29, 1.82) is 0 Å². The van der Waals surface area contributed by atoms with Gasteiger partial charge in [0.05, 0.1) is 7.11 Å². The van der Waals surface area contributed by atoms with Crippen LogP contribution in [0.1, 0.15) is 18.1 Å². The van der Waals surface area contributed by atoms with E-state index >= 15 is 0 Å². The average Bonchev–Trinajstić information content (AvgIpc) is 3.05. The van der Waals surface area contributed by atoms with Crippen molar-refractivity contribution in [2.24, 2.45) is 0 Å². The van der Waals surface area contributed by atoms with Crippen molar-refractivity contribution >= 4 is 11.8 Å². The maximum Gasteiger partial charge on any atom is 0.123 e. The standard InChI is InChI=1S/C20H27N3O2S/c1-4-15-8-10-16(11-9-15)14-26-20-21-19(22-23(20)2)13-25-18-7-5-6-17(12-18)24-3/h5-12,19-22H,4,13-14H2,1-3H3. The predicted molar refractivity (Wildman–Crippen MR) is 107 cm³/mol. The van der Waals surface area contributed by atoms with Crippen molar-refractivity contribution in [3.8, 4) is 11.5 Å². The molecule has 1 saturated heterocycles. The number of benzene rings is 2. The van der Waals surface area contributed by atoms with Crippen molar-refractivity contribution in [2.75, 3.05) is 20.8 Å². The number of nitrogens with zero attached hydrogens (tertiary/aromatic N) is 1. The minimum atomic E-state index is 0.0752. The van der Waals surface area contributed by atoms with Crippen molar-refractivity contribution < 1.29 is 9.47 Å². The van der Waals surface area contributed by atoms with Gasteiger partial charge in [0, 0.05) is 18.9 Å². The molecule has 2 aromatic carbocycles. The van der Waals surface area contributed by atoms with Gasteiger partial charge >= 0.3 is 0 Å². The summed E-state index contributed by atoms with van der Waals surface area (Å²) in [5, 5.41) is 5.66. The largest absolute Gasteiger partial charge is 0.497 e. The fourth-order valence-electron chi connectivity index (χ4n) is 2.80. The van der Waals surface area contributed by atoms with Crippen LogP contribution in [0.25, 0.3) is 0 Å². The minimum Gasteiger partial charge on any atom is -0.497 e. The highest BCUT2D eigenvalue weighted by molar-refractivity contribution is 7.99. The monoisotopic (exact) mass is 373 g/mol. The molecule has 1 heterocycles. The van der Waals surface area contributed by atoms with E-state index < -0.39 is 0 Å². The lowest BCUT2D eigenvalue weighted by Crippen LogP contribution is -2.39. The van der Waals surface area contributed by atoms with Crippen LogP contribution in [0.2, 0.25) is 0 Å². The van der Waals surface area contributed by atoms with E-state index in [1.807, 2.05) is 36.0 Å². The maximum absolute atomic E-state index is 5.88. The second-order valence-corrected chi connectivity index (χ2v) is 7.35. The number of nitrogens with one attached hydrogen (secondary N) is 2.